The third-order valence-corrected chi connectivity index (χ3v) is 4.47. The van der Waals surface area contributed by atoms with Crippen LogP contribution in [0.2, 0.25) is 0 Å². The molecule has 102 valence electrons. The standard InChI is InChI=1S/C12H26N2O2S/c1-4-16-12-7-9(5-6-11(12)14-2)10(13)8-17(3)15/h9-12,14H,4-8,13H2,1-3H3. The summed E-state index contributed by atoms with van der Waals surface area (Å²) in [5, 5.41) is 3.31. The SMILES string of the molecule is CCOC1CC(C(N)C[S+](C)[O-])CCC1NC. The maximum Gasteiger partial charge on any atom is 0.120 e. The first-order chi connectivity index (χ1) is 8.08. The van der Waals surface area contributed by atoms with Gasteiger partial charge in [0.05, 0.1) is 18.4 Å². The zero-order valence-corrected chi connectivity index (χ0v) is 12.0. The summed E-state index contributed by atoms with van der Waals surface area (Å²) in [6.07, 6.45) is 5.15. The van der Waals surface area contributed by atoms with Gasteiger partial charge in [-0.15, -0.1) is 0 Å². The van der Waals surface area contributed by atoms with Gasteiger partial charge in [0, 0.05) is 12.6 Å². The molecular formula is C12H26N2O2S. The molecular weight excluding hydrogens is 236 g/mol. The molecule has 0 heterocycles. The molecule has 5 heteroatoms. The molecule has 1 aliphatic carbocycles. The Balaban J connectivity index is 2.49. The fourth-order valence-electron chi connectivity index (χ4n) is 2.68. The molecule has 1 fully saturated rings. The number of likely N-dealkylation sites (N-methyl/N-ethyl adjacent to an activating group) is 1. The van der Waals surface area contributed by atoms with Crippen molar-refractivity contribution in [3.8, 4) is 0 Å². The molecule has 0 bridgehead atoms. The Morgan fingerprint density at radius 3 is 2.76 bits per heavy atom. The van der Waals surface area contributed by atoms with Crippen LogP contribution in [0.15, 0.2) is 0 Å². The average molecular weight is 262 g/mol. The molecule has 0 amide bonds. The molecule has 0 spiro atoms. The minimum atomic E-state index is -0.804. The van der Waals surface area contributed by atoms with Crippen LogP contribution in [0.5, 0.6) is 0 Å². The van der Waals surface area contributed by atoms with Gasteiger partial charge in [-0.2, -0.15) is 0 Å². The van der Waals surface area contributed by atoms with Crippen LogP contribution in [0.25, 0.3) is 0 Å². The zero-order chi connectivity index (χ0) is 12.8. The van der Waals surface area contributed by atoms with Crippen molar-refractivity contribution in [1.82, 2.24) is 5.32 Å². The van der Waals surface area contributed by atoms with E-state index in [2.05, 4.69) is 5.32 Å². The van der Waals surface area contributed by atoms with Crippen molar-refractivity contribution in [2.24, 2.45) is 11.7 Å². The third kappa shape index (κ3) is 4.75. The molecule has 0 aliphatic heterocycles. The summed E-state index contributed by atoms with van der Waals surface area (Å²) in [5.74, 6) is 1.05. The van der Waals surface area contributed by atoms with Gasteiger partial charge in [-0.1, -0.05) is 11.2 Å². The molecule has 0 saturated heterocycles. The summed E-state index contributed by atoms with van der Waals surface area (Å²) < 4.78 is 17.0. The maximum atomic E-state index is 11.2. The van der Waals surface area contributed by atoms with Crippen LogP contribution in [0.3, 0.4) is 0 Å². The maximum absolute atomic E-state index is 11.2. The quantitative estimate of drug-likeness (QED) is 0.683. The van der Waals surface area contributed by atoms with Gasteiger partial charge in [-0.25, -0.2) is 0 Å². The van der Waals surface area contributed by atoms with Gasteiger partial charge in [0.2, 0.25) is 0 Å². The smallest absolute Gasteiger partial charge is 0.120 e. The lowest BCUT2D eigenvalue weighted by molar-refractivity contribution is -0.00443. The molecule has 5 atom stereocenters. The van der Waals surface area contributed by atoms with Gasteiger partial charge in [-0.05, 0) is 39.2 Å². The lowest BCUT2D eigenvalue weighted by Crippen LogP contribution is -2.49. The molecule has 0 aromatic heterocycles. The molecule has 1 saturated carbocycles. The van der Waals surface area contributed by atoms with Crippen LogP contribution in [0.4, 0.5) is 0 Å². The van der Waals surface area contributed by atoms with Crippen molar-refractivity contribution >= 4 is 11.2 Å². The Morgan fingerprint density at radius 1 is 1.53 bits per heavy atom. The first-order valence-corrected chi connectivity index (χ1v) is 8.15. The van der Waals surface area contributed by atoms with Crippen molar-refractivity contribution in [3.63, 3.8) is 0 Å². The largest absolute Gasteiger partial charge is 0.617 e. The number of hydrogen-bond donors (Lipinski definition) is 2. The first-order valence-electron chi connectivity index (χ1n) is 6.42. The van der Waals surface area contributed by atoms with E-state index < -0.39 is 11.2 Å². The molecule has 3 N–H and O–H groups in total. The highest BCUT2D eigenvalue weighted by Crippen LogP contribution is 2.29. The second kappa shape index (κ2) is 7.59. The zero-order valence-electron chi connectivity index (χ0n) is 11.1. The molecule has 1 rings (SSSR count). The van der Waals surface area contributed by atoms with E-state index in [0.717, 1.165) is 25.9 Å². The highest BCUT2D eigenvalue weighted by atomic mass is 32.2. The Kier molecular flexibility index (Phi) is 6.80. The van der Waals surface area contributed by atoms with E-state index in [1.165, 1.54) is 0 Å². The Hall–Kier alpha value is 0.190. The normalized spacial score (nSPS) is 33.4. The molecule has 1 aliphatic rings. The predicted molar refractivity (Wildman–Crippen MR) is 72.5 cm³/mol. The van der Waals surface area contributed by atoms with E-state index in [4.69, 9.17) is 10.5 Å². The van der Waals surface area contributed by atoms with Crippen molar-refractivity contribution in [1.29, 1.82) is 0 Å². The summed E-state index contributed by atoms with van der Waals surface area (Å²) in [6, 6.07) is 0.479. The molecule has 0 radical (unpaired) electrons. The molecule has 5 unspecified atom stereocenters. The Morgan fingerprint density at radius 2 is 2.24 bits per heavy atom. The third-order valence-electron chi connectivity index (χ3n) is 3.62. The highest BCUT2D eigenvalue weighted by molar-refractivity contribution is 7.90. The van der Waals surface area contributed by atoms with Crippen LogP contribution >= 0.6 is 0 Å². The summed E-state index contributed by atoms with van der Waals surface area (Å²) >= 11 is -0.804. The van der Waals surface area contributed by atoms with Gasteiger partial charge >= 0.3 is 0 Å². The summed E-state index contributed by atoms with van der Waals surface area (Å²) in [4.78, 5) is 0. The molecule has 0 aromatic carbocycles. The van der Waals surface area contributed by atoms with Crippen molar-refractivity contribution in [2.45, 2.75) is 44.4 Å². The van der Waals surface area contributed by atoms with Crippen LogP contribution in [-0.2, 0) is 15.9 Å². The van der Waals surface area contributed by atoms with Gasteiger partial charge in [0.1, 0.15) is 5.75 Å². The van der Waals surface area contributed by atoms with E-state index in [0.29, 0.717) is 17.7 Å². The first kappa shape index (κ1) is 15.2. The van der Waals surface area contributed by atoms with E-state index in [1.54, 1.807) is 6.26 Å². The fraction of sp³-hybridized carbons (Fsp3) is 1.00. The highest BCUT2D eigenvalue weighted by Gasteiger charge is 2.33. The number of rotatable bonds is 6. The van der Waals surface area contributed by atoms with E-state index in [9.17, 15) is 4.55 Å². The molecule has 17 heavy (non-hydrogen) atoms. The second-order valence-corrected chi connectivity index (χ2v) is 6.35. The fourth-order valence-corrected chi connectivity index (χ4v) is 3.50. The van der Waals surface area contributed by atoms with Crippen LogP contribution in [0.1, 0.15) is 26.2 Å². The van der Waals surface area contributed by atoms with E-state index >= 15 is 0 Å². The Labute approximate surface area is 108 Å². The topological polar surface area (TPSA) is 70.3 Å². The number of nitrogens with one attached hydrogen (secondary N) is 1. The van der Waals surface area contributed by atoms with E-state index in [1.807, 2.05) is 14.0 Å². The van der Waals surface area contributed by atoms with Crippen molar-refractivity contribution in [3.05, 3.63) is 0 Å². The molecule has 4 nitrogen and oxygen atoms in total. The average Bonchev–Trinajstić information content (AvgIpc) is 2.28. The number of ether oxygens (including phenoxy) is 1. The predicted octanol–water partition coefficient (Wildman–Crippen LogP) is 0.485. The van der Waals surface area contributed by atoms with Crippen molar-refractivity contribution < 1.29 is 9.29 Å². The van der Waals surface area contributed by atoms with Crippen LogP contribution in [-0.4, -0.2) is 48.4 Å². The van der Waals surface area contributed by atoms with Crippen LogP contribution < -0.4 is 11.1 Å². The second-order valence-electron chi connectivity index (χ2n) is 4.87. The van der Waals surface area contributed by atoms with Gasteiger partial charge in [-0.3, -0.25) is 0 Å². The van der Waals surface area contributed by atoms with Crippen molar-refractivity contribution in [2.75, 3.05) is 25.7 Å². The number of nitrogens with two attached hydrogens (primary N) is 1. The van der Waals surface area contributed by atoms with Gasteiger partial charge < -0.3 is 20.3 Å². The van der Waals surface area contributed by atoms with Gasteiger partial charge in [0.25, 0.3) is 0 Å². The van der Waals surface area contributed by atoms with Gasteiger partial charge in [0.15, 0.2) is 0 Å². The molecule has 0 aromatic rings. The lowest BCUT2D eigenvalue weighted by atomic mass is 9.80. The van der Waals surface area contributed by atoms with E-state index in [-0.39, 0.29) is 12.1 Å². The number of hydrogen-bond acceptors (Lipinski definition) is 4. The lowest BCUT2D eigenvalue weighted by Gasteiger charge is -2.37. The minimum Gasteiger partial charge on any atom is -0.617 e. The summed E-state index contributed by atoms with van der Waals surface area (Å²) in [7, 11) is 1.98. The summed E-state index contributed by atoms with van der Waals surface area (Å²) in [6.45, 7) is 2.77. The van der Waals surface area contributed by atoms with Crippen LogP contribution in [0, 0.1) is 5.92 Å². The minimum absolute atomic E-state index is 0.0431. The monoisotopic (exact) mass is 262 g/mol. The Bertz CT molecular complexity index is 217. The summed E-state index contributed by atoms with van der Waals surface area (Å²) in [5.41, 5.74) is 6.13.